The van der Waals surface area contributed by atoms with E-state index in [1.165, 1.54) is 18.2 Å². The van der Waals surface area contributed by atoms with Crippen molar-refractivity contribution in [1.82, 2.24) is 4.72 Å². The van der Waals surface area contributed by atoms with E-state index in [2.05, 4.69) is 4.72 Å². The first kappa shape index (κ1) is 15.8. The van der Waals surface area contributed by atoms with E-state index in [1.54, 1.807) is 0 Å². The smallest absolute Gasteiger partial charge is 0.335 e. The van der Waals surface area contributed by atoms with Gasteiger partial charge in [0.1, 0.15) is 0 Å². The lowest BCUT2D eigenvalue weighted by molar-refractivity contribution is -0.120. The predicted octanol–water partition coefficient (Wildman–Crippen LogP) is 2.14. The predicted molar refractivity (Wildman–Crippen MR) is 75.2 cm³/mol. The van der Waals surface area contributed by atoms with Crippen molar-refractivity contribution in [3.05, 3.63) is 28.8 Å². The fraction of sp³-hybridized carbons (Fsp3) is 0.333. The minimum absolute atomic E-state index is 0.0198. The lowest BCUT2D eigenvalue weighted by Gasteiger charge is -2.18. The second-order valence-corrected chi connectivity index (χ2v) is 5.58. The van der Waals surface area contributed by atoms with Crippen LogP contribution in [0.2, 0.25) is 5.02 Å². The maximum Gasteiger partial charge on any atom is 0.335 e. The van der Waals surface area contributed by atoms with Crippen LogP contribution in [0.5, 0.6) is 0 Å². The summed E-state index contributed by atoms with van der Waals surface area (Å²) in [5.74, 6) is -1.48. The third-order valence-corrected chi connectivity index (χ3v) is 3.82. The third-order valence-electron chi connectivity index (χ3n) is 2.45. The molecule has 0 aromatic heterocycles. The molecule has 4 N–H and O–H groups in total. The first-order chi connectivity index (χ1) is 8.82. The Hall–Kier alpha value is -1.24. The van der Waals surface area contributed by atoms with Gasteiger partial charge in [-0.1, -0.05) is 25.4 Å². The molecule has 0 fully saturated rings. The topological polar surface area (TPSA) is 92.4 Å². The number of aromatic carboxylic acids is 1. The maximum atomic E-state index is 11.2. The number of benzene rings is 1. The monoisotopic (exact) mass is 302 g/mol. The minimum atomic E-state index is -1.03. The van der Waals surface area contributed by atoms with Crippen LogP contribution in [0.1, 0.15) is 24.2 Å². The molecule has 1 atom stereocenters. The Balaban J connectivity index is 2.84. The molecule has 0 aliphatic heterocycles. The van der Waals surface area contributed by atoms with Crippen molar-refractivity contribution in [3.63, 3.8) is 0 Å². The van der Waals surface area contributed by atoms with E-state index >= 15 is 0 Å². The first-order valence-electron chi connectivity index (χ1n) is 5.57. The number of halogens is 1. The van der Waals surface area contributed by atoms with Crippen molar-refractivity contribution in [3.8, 4) is 0 Å². The average Bonchev–Trinajstić information content (AvgIpc) is 2.30. The number of carbonyl (C=O) groups is 2. The van der Waals surface area contributed by atoms with Crippen LogP contribution in [0.3, 0.4) is 0 Å². The molecule has 0 saturated heterocycles. The van der Waals surface area contributed by atoms with Crippen molar-refractivity contribution >= 4 is 35.4 Å². The molecule has 0 heterocycles. The van der Waals surface area contributed by atoms with Gasteiger partial charge in [0, 0.05) is 4.90 Å². The highest BCUT2D eigenvalue weighted by Crippen LogP contribution is 2.27. The van der Waals surface area contributed by atoms with Gasteiger partial charge in [-0.3, -0.25) is 4.79 Å². The van der Waals surface area contributed by atoms with Gasteiger partial charge in [0.25, 0.3) is 0 Å². The van der Waals surface area contributed by atoms with Crippen molar-refractivity contribution in [2.45, 2.75) is 24.8 Å². The number of hydrogen-bond donors (Lipinski definition) is 3. The molecule has 104 valence electrons. The number of hydrogen-bond acceptors (Lipinski definition) is 4. The largest absolute Gasteiger partial charge is 0.478 e. The molecule has 1 rings (SSSR count). The summed E-state index contributed by atoms with van der Waals surface area (Å²) < 4.78 is 2.91. The van der Waals surface area contributed by atoms with Gasteiger partial charge < -0.3 is 10.8 Å². The van der Waals surface area contributed by atoms with E-state index in [4.69, 9.17) is 22.4 Å². The van der Waals surface area contributed by atoms with Crippen LogP contribution in [0.4, 0.5) is 0 Å². The summed E-state index contributed by atoms with van der Waals surface area (Å²) in [4.78, 5) is 22.6. The molecular weight excluding hydrogens is 288 g/mol. The molecular formula is C12H15ClN2O3S. The molecule has 0 aliphatic rings. The number of nitrogens with two attached hydrogens (primary N) is 1. The van der Waals surface area contributed by atoms with Crippen LogP contribution in [-0.4, -0.2) is 23.0 Å². The summed E-state index contributed by atoms with van der Waals surface area (Å²) in [5.41, 5.74) is 5.41. The highest BCUT2D eigenvalue weighted by molar-refractivity contribution is 7.97. The van der Waals surface area contributed by atoms with E-state index < -0.39 is 17.9 Å². The van der Waals surface area contributed by atoms with Crippen LogP contribution in [0.15, 0.2) is 23.1 Å². The van der Waals surface area contributed by atoms with Crippen molar-refractivity contribution in [2.75, 3.05) is 0 Å². The van der Waals surface area contributed by atoms with Crippen molar-refractivity contribution < 1.29 is 14.7 Å². The fourth-order valence-electron chi connectivity index (χ4n) is 1.36. The molecule has 1 aromatic rings. The lowest BCUT2D eigenvalue weighted by atomic mass is 10.1. The van der Waals surface area contributed by atoms with Gasteiger partial charge >= 0.3 is 5.97 Å². The van der Waals surface area contributed by atoms with E-state index in [1.807, 2.05) is 13.8 Å². The quantitative estimate of drug-likeness (QED) is 0.700. The summed E-state index contributed by atoms with van der Waals surface area (Å²) in [7, 11) is 0. The van der Waals surface area contributed by atoms with Gasteiger partial charge in [-0.15, -0.1) is 0 Å². The van der Waals surface area contributed by atoms with Crippen LogP contribution in [0.25, 0.3) is 0 Å². The molecule has 0 bridgehead atoms. The van der Waals surface area contributed by atoms with E-state index in [0.717, 1.165) is 11.9 Å². The normalized spacial score (nSPS) is 12.4. The van der Waals surface area contributed by atoms with Crippen LogP contribution >= 0.6 is 23.5 Å². The first-order valence-corrected chi connectivity index (χ1v) is 6.77. The van der Waals surface area contributed by atoms with E-state index in [9.17, 15) is 9.59 Å². The minimum Gasteiger partial charge on any atom is -0.478 e. The second kappa shape index (κ2) is 6.79. The summed E-state index contributed by atoms with van der Waals surface area (Å²) in [6.45, 7) is 3.72. The lowest BCUT2D eigenvalue weighted by Crippen LogP contribution is -2.41. The van der Waals surface area contributed by atoms with Crippen molar-refractivity contribution in [2.24, 2.45) is 11.7 Å². The summed E-state index contributed by atoms with van der Waals surface area (Å²) in [6, 6.07) is 3.85. The molecule has 19 heavy (non-hydrogen) atoms. The maximum absolute atomic E-state index is 11.2. The summed E-state index contributed by atoms with van der Waals surface area (Å²) in [6.07, 6.45) is 0. The Morgan fingerprint density at radius 2 is 2.05 bits per heavy atom. The van der Waals surface area contributed by atoms with Crippen LogP contribution in [-0.2, 0) is 4.79 Å². The second-order valence-electron chi connectivity index (χ2n) is 4.29. The van der Waals surface area contributed by atoms with E-state index in [-0.39, 0.29) is 11.5 Å². The van der Waals surface area contributed by atoms with Gasteiger partial charge in [-0.25, -0.2) is 9.52 Å². The highest BCUT2D eigenvalue weighted by atomic mass is 35.5. The number of carbonyl (C=O) groups excluding carboxylic acids is 1. The molecule has 7 heteroatoms. The van der Waals surface area contributed by atoms with Crippen molar-refractivity contribution in [1.29, 1.82) is 0 Å². The number of rotatable bonds is 6. The number of carboxylic acids is 1. The highest BCUT2D eigenvalue weighted by Gasteiger charge is 2.20. The van der Waals surface area contributed by atoms with Crippen LogP contribution in [0, 0.1) is 5.92 Å². The fourth-order valence-corrected chi connectivity index (χ4v) is 2.59. The Bertz CT molecular complexity index is 494. The standard InChI is InChI=1S/C12H15ClN2O3S/c1-6(2)10(11(14)16)15-19-9-5-7(12(17)18)3-4-8(9)13/h3-6,10,15H,1-2H3,(H2,14,16)(H,17,18). The van der Waals surface area contributed by atoms with Gasteiger partial charge in [-0.2, -0.15) is 0 Å². The molecule has 5 nitrogen and oxygen atoms in total. The molecule has 0 saturated carbocycles. The Morgan fingerprint density at radius 1 is 1.42 bits per heavy atom. The average molecular weight is 303 g/mol. The number of nitrogens with one attached hydrogen (secondary N) is 1. The molecule has 1 aromatic carbocycles. The zero-order valence-corrected chi connectivity index (χ0v) is 12.1. The Morgan fingerprint density at radius 3 is 2.53 bits per heavy atom. The molecule has 0 spiro atoms. The zero-order chi connectivity index (χ0) is 14.6. The van der Waals surface area contributed by atoms with E-state index in [0.29, 0.717) is 9.92 Å². The number of amides is 1. The number of carboxylic acid groups (broad SMARTS) is 1. The molecule has 0 radical (unpaired) electrons. The summed E-state index contributed by atoms with van der Waals surface area (Å²) in [5, 5.41) is 9.32. The Labute approximate surface area is 120 Å². The Kier molecular flexibility index (Phi) is 5.65. The zero-order valence-electron chi connectivity index (χ0n) is 10.5. The van der Waals surface area contributed by atoms with Gasteiger partial charge in [0.2, 0.25) is 5.91 Å². The van der Waals surface area contributed by atoms with Gasteiger partial charge in [0.15, 0.2) is 0 Å². The molecule has 1 unspecified atom stereocenters. The SMILES string of the molecule is CC(C)C(NSc1cc(C(=O)O)ccc1Cl)C(N)=O. The van der Waals surface area contributed by atoms with Crippen LogP contribution < -0.4 is 10.5 Å². The van der Waals surface area contributed by atoms with Gasteiger partial charge in [0.05, 0.1) is 16.6 Å². The van der Waals surface area contributed by atoms with Gasteiger partial charge in [-0.05, 0) is 36.1 Å². The molecule has 0 aliphatic carbocycles. The third kappa shape index (κ3) is 4.41. The molecule has 1 amide bonds. The number of primary amides is 1. The summed E-state index contributed by atoms with van der Waals surface area (Å²) >= 11 is 7.07.